The Balaban J connectivity index is 1.85. The second-order valence-corrected chi connectivity index (χ2v) is 5.00. The van der Waals surface area contributed by atoms with Crippen molar-refractivity contribution in [3.63, 3.8) is 0 Å². The van der Waals surface area contributed by atoms with Crippen LogP contribution in [0.4, 0.5) is 5.82 Å². The van der Waals surface area contributed by atoms with Crippen molar-refractivity contribution in [2.24, 2.45) is 0 Å². The number of anilines is 1. The molecule has 1 N–H and O–H groups in total. The number of ether oxygens (including phenoxy) is 1. The number of aromatic nitrogens is 1. The van der Waals surface area contributed by atoms with E-state index in [1.165, 1.54) is 16.5 Å². The molecule has 1 aliphatic heterocycles. The Bertz CT molecular complexity index is 477. The van der Waals surface area contributed by atoms with Crippen LogP contribution in [0.3, 0.4) is 0 Å². The first-order valence-electron chi connectivity index (χ1n) is 5.60. The molecule has 3 nitrogen and oxygen atoms in total. The van der Waals surface area contributed by atoms with E-state index < -0.39 is 0 Å². The molecular weight excluding hydrogens is 220 g/mol. The second kappa shape index (κ2) is 4.39. The minimum absolute atomic E-state index is 0.409. The molecule has 84 valence electrons. The monoisotopic (exact) mass is 234 g/mol. The number of thiophene rings is 1. The first-order valence-corrected chi connectivity index (χ1v) is 6.48. The van der Waals surface area contributed by atoms with Crippen molar-refractivity contribution in [2.75, 3.05) is 18.5 Å². The van der Waals surface area contributed by atoms with Gasteiger partial charge in [-0.1, -0.05) is 0 Å². The first-order chi connectivity index (χ1) is 7.93. The lowest BCUT2D eigenvalue weighted by atomic mass is 10.1. The number of rotatable bonds is 2. The lowest BCUT2D eigenvalue weighted by Crippen LogP contribution is -2.30. The van der Waals surface area contributed by atoms with Gasteiger partial charge in [-0.15, -0.1) is 11.3 Å². The molecule has 3 heterocycles. The van der Waals surface area contributed by atoms with E-state index in [1.54, 1.807) is 11.3 Å². The van der Waals surface area contributed by atoms with Crippen molar-refractivity contribution in [2.45, 2.75) is 18.9 Å². The van der Waals surface area contributed by atoms with Gasteiger partial charge in [0.25, 0.3) is 0 Å². The molecule has 0 saturated carbocycles. The minimum Gasteiger partial charge on any atom is -0.379 e. The number of hydrogen-bond acceptors (Lipinski definition) is 4. The van der Waals surface area contributed by atoms with E-state index in [-0.39, 0.29) is 0 Å². The van der Waals surface area contributed by atoms with Crippen LogP contribution < -0.4 is 5.32 Å². The second-order valence-electron chi connectivity index (χ2n) is 4.05. The highest BCUT2D eigenvalue weighted by Crippen LogP contribution is 2.26. The van der Waals surface area contributed by atoms with Crippen molar-refractivity contribution in [1.82, 2.24) is 4.98 Å². The summed E-state index contributed by atoms with van der Waals surface area (Å²) in [6.07, 6.45) is 4.17. The van der Waals surface area contributed by atoms with Gasteiger partial charge in [0.05, 0.1) is 12.6 Å². The number of hydrogen-bond donors (Lipinski definition) is 1. The molecule has 2 aromatic rings. The Labute approximate surface area is 98.5 Å². The maximum absolute atomic E-state index is 5.46. The molecule has 1 fully saturated rings. The Hall–Kier alpha value is -1.13. The quantitative estimate of drug-likeness (QED) is 0.867. The first kappa shape index (κ1) is 10.1. The molecule has 4 heteroatoms. The predicted molar refractivity (Wildman–Crippen MR) is 67.1 cm³/mol. The van der Waals surface area contributed by atoms with Crippen molar-refractivity contribution >= 4 is 27.2 Å². The molecule has 1 aliphatic rings. The summed E-state index contributed by atoms with van der Waals surface area (Å²) in [5, 5.41) is 6.81. The Morgan fingerprint density at radius 3 is 3.31 bits per heavy atom. The van der Waals surface area contributed by atoms with Crippen LogP contribution in [0.2, 0.25) is 0 Å². The van der Waals surface area contributed by atoms with E-state index in [9.17, 15) is 0 Å². The van der Waals surface area contributed by atoms with E-state index >= 15 is 0 Å². The van der Waals surface area contributed by atoms with Gasteiger partial charge in [-0.05, 0) is 30.4 Å². The number of pyridine rings is 1. The van der Waals surface area contributed by atoms with Crippen molar-refractivity contribution in [3.05, 3.63) is 23.7 Å². The normalized spacial score (nSPS) is 21.1. The summed E-state index contributed by atoms with van der Waals surface area (Å²) in [6.45, 7) is 1.69. The van der Waals surface area contributed by atoms with Gasteiger partial charge < -0.3 is 10.1 Å². The number of nitrogens with one attached hydrogen (secondary N) is 1. The Kier molecular flexibility index (Phi) is 2.76. The van der Waals surface area contributed by atoms with Crippen LogP contribution >= 0.6 is 11.3 Å². The summed E-state index contributed by atoms with van der Waals surface area (Å²) in [5.74, 6) is 0.995. The van der Waals surface area contributed by atoms with E-state index in [1.807, 2.05) is 6.20 Å². The highest BCUT2D eigenvalue weighted by molar-refractivity contribution is 7.17. The summed E-state index contributed by atoms with van der Waals surface area (Å²) >= 11 is 1.75. The number of nitrogens with zero attached hydrogens (tertiary/aromatic N) is 1. The number of fused-ring (bicyclic) bond motifs is 1. The van der Waals surface area contributed by atoms with Gasteiger partial charge in [0.2, 0.25) is 0 Å². The van der Waals surface area contributed by atoms with Crippen LogP contribution in [0.1, 0.15) is 12.8 Å². The Morgan fingerprint density at radius 1 is 1.44 bits per heavy atom. The summed E-state index contributed by atoms with van der Waals surface area (Å²) in [5.41, 5.74) is 0. The SMILES string of the molecule is c1cc2sccc2c(NC2CCCOC2)n1. The molecule has 0 spiro atoms. The van der Waals surface area contributed by atoms with Crippen LogP contribution in [-0.4, -0.2) is 24.2 Å². The lowest BCUT2D eigenvalue weighted by molar-refractivity contribution is 0.0875. The molecule has 1 unspecified atom stereocenters. The van der Waals surface area contributed by atoms with Crippen LogP contribution in [0.5, 0.6) is 0 Å². The zero-order valence-electron chi connectivity index (χ0n) is 8.98. The van der Waals surface area contributed by atoms with E-state index in [2.05, 4.69) is 27.8 Å². The van der Waals surface area contributed by atoms with Crippen LogP contribution in [-0.2, 0) is 4.74 Å². The van der Waals surface area contributed by atoms with Crippen molar-refractivity contribution < 1.29 is 4.74 Å². The smallest absolute Gasteiger partial charge is 0.134 e. The standard InChI is InChI=1S/C12H14N2OS/c1-2-9(8-15-6-1)14-12-10-4-7-16-11(10)3-5-13-12/h3-5,7,9H,1-2,6,8H2,(H,13,14). The van der Waals surface area contributed by atoms with Crippen molar-refractivity contribution in [1.29, 1.82) is 0 Å². The predicted octanol–water partition coefficient (Wildman–Crippen LogP) is 2.89. The highest BCUT2D eigenvalue weighted by atomic mass is 32.1. The summed E-state index contributed by atoms with van der Waals surface area (Å²) in [4.78, 5) is 4.41. The molecule has 2 aromatic heterocycles. The third kappa shape index (κ3) is 1.90. The molecule has 1 atom stereocenters. The molecule has 0 aliphatic carbocycles. The zero-order valence-corrected chi connectivity index (χ0v) is 9.80. The molecule has 1 saturated heterocycles. The maximum atomic E-state index is 5.46. The molecule has 3 rings (SSSR count). The minimum atomic E-state index is 0.409. The van der Waals surface area contributed by atoms with E-state index in [0.29, 0.717) is 6.04 Å². The molecule has 0 amide bonds. The van der Waals surface area contributed by atoms with Crippen LogP contribution in [0.25, 0.3) is 10.1 Å². The van der Waals surface area contributed by atoms with Gasteiger partial charge in [-0.2, -0.15) is 0 Å². The fraction of sp³-hybridized carbons (Fsp3) is 0.417. The third-order valence-corrected chi connectivity index (χ3v) is 3.76. The van der Waals surface area contributed by atoms with Gasteiger partial charge in [0.15, 0.2) is 0 Å². The third-order valence-electron chi connectivity index (χ3n) is 2.88. The van der Waals surface area contributed by atoms with Gasteiger partial charge >= 0.3 is 0 Å². The van der Waals surface area contributed by atoms with Gasteiger partial charge in [0.1, 0.15) is 5.82 Å². The average molecular weight is 234 g/mol. The molecule has 0 bridgehead atoms. The summed E-state index contributed by atoms with van der Waals surface area (Å²) < 4.78 is 6.75. The van der Waals surface area contributed by atoms with Gasteiger partial charge in [0, 0.05) is 22.9 Å². The Morgan fingerprint density at radius 2 is 2.44 bits per heavy atom. The van der Waals surface area contributed by atoms with Crippen LogP contribution in [0.15, 0.2) is 23.7 Å². The summed E-state index contributed by atoms with van der Waals surface area (Å²) in [7, 11) is 0. The molecule has 0 aromatic carbocycles. The van der Waals surface area contributed by atoms with Gasteiger partial charge in [-0.3, -0.25) is 0 Å². The molecular formula is C12H14N2OS. The molecule has 16 heavy (non-hydrogen) atoms. The maximum Gasteiger partial charge on any atom is 0.134 e. The fourth-order valence-corrected chi connectivity index (χ4v) is 2.84. The van der Waals surface area contributed by atoms with Crippen molar-refractivity contribution in [3.8, 4) is 0 Å². The summed E-state index contributed by atoms with van der Waals surface area (Å²) in [6, 6.07) is 4.59. The van der Waals surface area contributed by atoms with Gasteiger partial charge in [-0.25, -0.2) is 4.98 Å². The highest BCUT2D eigenvalue weighted by Gasteiger charge is 2.15. The zero-order chi connectivity index (χ0) is 10.8. The van der Waals surface area contributed by atoms with E-state index in [0.717, 1.165) is 25.5 Å². The fourth-order valence-electron chi connectivity index (χ4n) is 2.06. The molecule has 0 radical (unpaired) electrons. The lowest BCUT2D eigenvalue weighted by Gasteiger charge is -2.23. The largest absolute Gasteiger partial charge is 0.379 e. The topological polar surface area (TPSA) is 34.1 Å². The van der Waals surface area contributed by atoms with E-state index in [4.69, 9.17) is 4.74 Å². The average Bonchev–Trinajstić information content (AvgIpc) is 2.80. The van der Waals surface area contributed by atoms with Crippen LogP contribution in [0, 0.1) is 0 Å².